The van der Waals surface area contributed by atoms with Gasteiger partial charge in [-0.2, -0.15) is 0 Å². The van der Waals surface area contributed by atoms with Crippen LogP contribution in [0.1, 0.15) is 25.3 Å². The molecule has 84 valence electrons. The van der Waals surface area contributed by atoms with E-state index in [4.69, 9.17) is 16.7 Å². The van der Waals surface area contributed by atoms with Gasteiger partial charge in [-0.3, -0.25) is 0 Å². The van der Waals surface area contributed by atoms with Crippen molar-refractivity contribution in [3.8, 4) is 0 Å². The highest BCUT2D eigenvalue weighted by Crippen LogP contribution is 2.10. The number of nitrogens with one attached hydrogen (secondary N) is 1. The summed E-state index contributed by atoms with van der Waals surface area (Å²) in [5.74, 6) is 0. The number of aliphatic hydroxyl groups excluding tert-OH is 1. The van der Waals surface area contributed by atoms with Gasteiger partial charge in [0.25, 0.3) is 0 Å². The Labute approximate surface area is 96.3 Å². The fourth-order valence-electron chi connectivity index (χ4n) is 1.44. The largest absolute Gasteiger partial charge is 0.396 e. The van der Waals surface area contributed by atoms with Crippen molar-refractivity contribution in [2.75, 3.05) is 6.61 Å². The van der Waals surface area contributed by atoms with Crippen LogP contribution in [0.3, 0.4) is 0 Å². The second kappa shape index (κ2) is 6.83. The number of hydrogen-bond donors (Lipinski definition) is 2. The van der Waals surface area contributed by atoms with Crippen LogP contribution in [-0.2, 0) is 6.54 Å². The van der Waals surface area contributed by atoms with E-state index in [9.17, 15) is 0 Å². The molecule has 1 aromatic rings. The smallest absolute Gasteiger partial charge is 0.0431 e. The molecular weight excluding hydrogens is 210 g/mol. The molecule has 1 unspecified atom stereocenters. The van der Waals surface area contributed by atoms with Gasteiger partial charge in [0.1, 0.15) is 0 Å². The van der Waals surface area contributed by atoms with Gasteiger partial charge in [0.05, 0.1) is 0 Å². The van der Waals surface area contributed by atoms with E-state index in [1.54, 1.807) is 0 Å². The molecule has 0 fully saturated rings. The summed E-state index contributed by atoms with van der Waals surface area (Å²) in [4.78, 5) is 0. The zero-order chi connectivity index (χ0) is 11.1. The molecule has 3 heteroatoms. The lowest BCUT2D eigenvalue weighted by Crippen LogP contribution is -2.25. The van der Waals surface area contributed by atoms with Crippen LogP contribution in [0.15, 0.2) is 24.3 Å². The SMILES string of the molecule is CC(CCCO)NCc1cccc(Cl)c1. The number of benzene rings is 1. The van der Waals surface area contributed by atoms with E-state index in [-0.39, 0.29) is 6.61 Å². The van der Waals surface area contributed by atoms with Crippen LogP contribution in [-0.4, -0.2) is 17.8 Å². The Morgan fingerprint density at radius 2 is 2.27 bits per heavy atom. The van der Waals surface area contributed by atoms with Gasteiger partial charge in [-0.1, -0.05) is 23.7 Å². The molecule has 15 heavy (non-hydrogen) atoms. The molecule has 0 aliphatic heterocycles. The number of halogens is 1. The summed E-state index contributed by atoms with van der Waals surface area (Å²) in [6, 6.07) is 8.28. The summed E-state index contributed by atoms with van der Waals surface area (Å²) in [6.07, 6.45) is 1.85. The average Bonchev–Trinajstić information content (AvgIpc) is 2.23. The van der Waals surface area contributed by atoms with Gasteiger partial charge in [0.15, 0.2) is 0 Å². The predicted octanol–water partition coefficient (Wildman–Crippen LogP) is 2.59. The van der Waals surface area contributed by atoms with Gasteiger partial charge < -0.3 is 10.4 Å². The van der Waals surface area contributed by atoms with Crippen molar-refractivity contribution in [1.29, 1.82) is 0 Å². The van der Waals surface area contributed by atoms with E-state index in [2.05, 4.69) is 18.3 Å². The summed E-state index contributed by atoms with van der Waals surface area (Å²) in [7, 11) is 0. The van der Waals surface area contributed by atoms with E-state index in [1.165, 1.54) is 5.56 Å². The van der Waals surface area contributed by atoms with Crippen molar-refractivity contribution in [3.63, 3.8) is 0 Å². The molecule has 0 aromatic heterocycles. The first-order valence-electron chi connectivity index (χ1n) is 5.31. The van der Waals surface area contributed by atoms with Crippen LogP contribution in [0, 0.1) is 0 Å². The molecule has 1 rings (SSSR count). The summed E-state index contributed by atoms with van der Waals surface area (Å²) in [5.41, 5.74) is 1.19. The molecule has 1 atom stereocenters. The molecule has 0 aliphatic rings. The molecule has 1 aromatic carbocycles. The second-order valence-corrected chi connectivity index (χ2v) is 4.21. The zero-order valence-electron chi connectivity index (χ0n) is 9.04. The first-order valence-corrected chi connectivity index (χ1v) is 5.69. The monoisotopic (exact) mass is 227 g/mol. The van der Waals surface area contributed by atoms with Crippen LogP contribution in [0.25, 0.3) is 0 Å². The minimum absolute atomic E-state index is 0.267. The predicted molar refractivity (Wildman–Crippen MR) is 64.1 cm³/mol. The van der Waals surface area contributed by atoms with Crippen LogP contribution in [0.2, 0.25) is 5.02 Å². The highest BCUT2D eigenvalue weighted by atomic mass is 35.5. The molecule has 0 saturated carbocycles. The quantitative estimate of drug-likeness (QED) is 0.783. The Balaban J connectivity index is 2.30. The van der Waals surface area contributed by atoms with Crippen molar-refractivity contribution < 1.29 is 5.11 Å². The van der Waals surface area contributed by atoms with Gasteiger partial charge in [0, 0.05) is 24.2 Å². The first-order chi connectivity index (χ1) is 7.22. The molecule has 0 saturated heterocycles. The lowest BCUT2D eigenvalue weighted by molar-refractivity contribution is 0.276. The van der Waals surface area contributed by atoms with E-state index in [0.29, 0.717) is 6.04 Å². The molecule has 0 heterocycles. The number of rotatable bonds is 6. The van der Waals surface area contributed by atoms with Crippen molar-refractivity contribution in [3.05, 3.63) is 34.9 Å². The Bertz CT molecular complexity index is 291. The highest BCUT2D eigenvalue weighted by Gasteiger charge is 2.01. The zero-order valence-corrected chi connectivity index (χ0v) is 9.80. The molecule has 0 radical (unpaired) electrons. The normalized spacial score (nSPS) is 12.7. The van der Waals surface area contributed by atoms with Gasteiger partial charge in [0.2, 0.25) is 0 Å². The molecule has 0 aliphatic carbocycles. The highest BCUT2D eigenvalue weighted by molar-refractivity contribution is 6.30. The summed E-state index contributed by atoms with van der Waals surface area (Å²) < 4.78 is 0. The lowest BCUT2D eigenvalue weighted by Gasteiger charge is -2.13. The Hall–Kier alpha value is -0.570. The lowest BCUT2D eigenvalue weighted by atomic mass is 10.1. The van der Waals surface area contributed by atoms with E-state index in [1.807, 2.05) is 18.2 Å². The summed E-state index contributed by atoms with van der Waals surface area (Å²) >= 11 is 5.88. The third-order valence-electron chi connectivity index (χ3n) is 2.34. The van der Waals surface area contributed by atoms with Crippen molar-refractivity contribution in [1.82, 2.24) is 5.32 Å². The Morgan fingerprint density at radius 3 is 2.93 bits per heavy atom. The van der Waals surface area contributed by atoms with E-state index < -0.39 is 0 Å². The van der Waals surface area contributed by atoms with Crippen molar-refractivity contribution in [2.24, 2.45) is 0 Å². The molecule has 0 bridgehead atoms. The fraction of sp³-hybridized carbons (Fsp3) is 0.500. The summed E-state index contributed by atoms with van der Waals surface area (Å²) in [6.45, 7) is 3.22. The Morgan fingerprint density at radius 1 is 1.47 bits per heavy atom. The fourth-order valence-corrected chi connectivity index (χ4v) is 1.65. The van der Waals surface area contributed by atoms with Gasteiger partial charge in [-0.15, -0.1) is 0 Å². The maximum atomic E-state index is 8.69. The minimum atomic E-state index is 0.267. The molecule has 2 nitrogen and oxygen atoms in total. The molecule has 2 N–H and O–H groups in total. The molecular formula is C12H18ClNO. The minimum Gasteiger partial charge on any atom is -0.396 e. The van der Waals surface area contributed by atoms with E-state index in [0.717, 1.165) is 24.4 Å². The summed E-state index contributed by atoms with van der Waals surface area (Å²) in [5, 5.41) is 12.9. The standard InChI is InChI=1S/C12H18ClNO/c1-10(4-3-7-15)14-9-11-5-2-6-12(13)8-11/h2,5-6,8,10,14-15H,3-4,7,9H2,1H3. The first kappa shape index (κ1) is 12.5. The van der Waals surface area contributed by atoms with Crippen LogP contribution >= 0.6 is 11.6 Å². The van der Waals surface area contributed by atoms with Crippen LogP contribution < -0.4 is 5.32 Å². The average molecular weight is 228 g/mol. The van der Waals surface area contributed by atoms with Gasteiger partial charge in [-0.05, 0) is 37.5 Å². The Kier molecular flexibility index (Phi) is 5.69. The van der Waals surface area contributed by atoms with E-state index >= 15 is 0 Å². The second-order valence-electron chi connectivity index (χ2n) is 3.78. The molecule has 0 spiro atoms. The molecule has 0 amide bonds. The van der Waals surface area contributed by atoms with Crippen molar-refractivity contribution in [2.45, 2.75) is 32.4 Å². The maximum absolute atomic E-state index is 8.69. The number of aliphatic hydroxyl groups is 1. The third kappa shape index (κ3) is 5.17. The van der Waals surface area contributed by atoms with Crippen LogP contribution in [0.5, 0.6) is 0 Å². The van der Waals surface area contributed by atoms with Crippen molar-refractivity contribution >= 4 is 11.6 Å². The van der Waals surface area contributed by atoms with Crippen LogP contribution in [0.4, 0.5) is 0 Å². The third-order valence-corrected chi connectivity index (χ3v) is 2.57. The topological polar surface area (TPSA) is 32.3 Å². The maximum Gasteiger partial charge on any atom is 0.0431 e. The van der Waals surface area contributed by atoms with Gasteiger partial charge >= 0.3 is 0 Å². The van der Waals surface area contributed by atoms with Gasteiger partial charge in [-0.25, -0.2) is 0 Å². The number of hydrogen-bond acceptors (Lipinski definition) is 2.